The summed E-state index contributed by atoms with van der Waals surface area (Å²) in [4.78, 5) is 24.2. The predicted molar refractivity (Wildman–Crippen MR) is 144 cm³/mol. The Kier molecular flexibility index (Phi) is 7.41. The monoisotopic (exact) mass is 497 g/mol. The second kappa shape index (κ2) is 11.2. The number of hydrogen-bond donors (Lipinski definition) is 2. The van der Waals surface area contributed by atoms with Crippen molar-refractivity contribution in [2.45, 2.75) is 25.7 Å². The number of rotatable bonds is 11. The fraction of sp³-hybridized carbons (Fsp3) is 0.286. The Morgan fingerprint density at radius 1 is 1.05 bits per heavy atom. The van der Waals surface area contributed by atoms with Gasteiger partial charge in [0.1, 0.15) is 11.3 Å². The van der Waals surface area contributed by atoms with Gasteiger partial charge in [-0.1, -0.05) is 18.2 Å². The van der Waals surface area contributed by atoms with Gasteiger partial charge in [0.25, 0.3) is 5.91 Å². The van der Waals surface area contributed by atoms with E-state index >= 15 is 0 Å². The minimum Gasteiger partial charge on any atom is -0.478 e. The molecule has 190 valence electrons. The van der Waals surface area contributed by atoms with Gasteiger partial charge in [0.05, 0.1) is 24.0 Å². The highest BCUT2D eigenvalue weighted by atomic mass is 16.5. The largest absolute Gasteiger partial charge is 0.478 e. The third-order valence-corrected chi connectivity index (χ3v) is 6.19. The minimum atomic E-state index is -0.218. The number of aromatic amines is 1. The summed E-state index contributed by atoms with van der Waals surface area (Å²) < 4.78 is 7.59. The summed E-state index contributed by atoms with van der Waals surface area (Å²) in [5.74, 6) is 0.450. The first kappa shape index (κ1) is 24.5. The van der Waals surface area contributed by atoms with Crippen LogP contribution in [0.4, 0.5) is 5.69 Å². The van der Waals surface area contributed by atoms with E-state index in [1.165, 1.54) is 0 Å². The van der Waals surface area contributed by atoms with Crippen molar-refractivity contribution in [3.05, 3.63) is 84.1 Å². The van der Waals surface area contributed by atoms with Crippen molar-refractivity contribution in [3.8, 4) is 5.88 Å². The number of hydrogen-bond acceptors (Lipinski definition) is 6. The maximum absolute atomic E-state index is 13.1. The third-order valence-electron chi connectivity index (χ3n) is 6.19. The highest BCUT2D eigenvalue weighted by Gasteiger charge is 2.16. The van der Waals surface area contributed by atoms with Crippen molar-refractivity contribution < 1.29 is 9.53 Å². The molecule has 0 saturated carbocycles. The molecule has 1 amide bonds. The molecule has 4 heterocycles. The van der Waals surface area contributed by atoms with Gasteiger partial charge in [0.15, 0.2) is 0 Å². The topological polar surface area (TPSA) is 100 Å². The molecule has 0 fully saturated rings. The van der Waals surface area contributed by atoms with Crippen LogP contribution in [0.3, 0.4) is 0 Å². The molecule has 5 rings (SSSR count). The second-order valence-corrected chi connectivity index (χ2v) is 9.25. The molecule has 5 aromatic rings. The third kappa shape index (κ3) is 5.78. The number of nitrogens with one attached hydrogen (secondary N) is 2. The molecule has 0 saturated heterocycles. The molecule has 0 aliphatic rings. The number of nitrogens with zero attached hydrogens (tertiary/aromatic N) is 5. The number of ether oxygens (including phenoxy) is 1. The molecule has 9 nitrogen and oxygen atoms in total. The zero-order valence-electron chi connectivity index (χ0n) is 21.1. The Bertz CT molecular complexity index is 1510. The van der Waals surface area contributed by atoms with E-state index in [2.05, 4.69) is 44.5 Å². The van der Waals surface area contributed by atoms with Crippen LogP contribution < -0.4 is 10.1 Å². The molecule has 0 spiro atoms. The van der Waals surface area contributed by atoms with E-state index in [1.807, 2.05) is 60.8 Å². The van der Waals surface area contributed by atoms with E-state index in [0.717, 1.165) is 65.9 Å². The van der Waals surface area contributed by atoms with Gasteiger partial charge in [-0.05, 0) is 70.1 Å². The predicted octanol–water partition coefficient (Wildman–Crippen LogP) is 4.36. The number of aromatic nitrogens is 5. The van der Waals surface area contributed by atoms with Crippen LogP contribution in [0.1, 0.15) is 34.7 Å². The first-order valence-corrected chi connectivity index (χ1v) is 12.5. The Morgan fingerprint density at radius 2 is 1.95 bits per heavy atom. The van der Waals surface area contributed by atoms with Crippen molar-refractivity contribution in [1.82, 2.24) is 29.5 Å². The number of carbonyl (C=O) groups excluding carboxylic acids is 1. The number of fused-ring (bicyclic) bond motifs is 2. The number of imidazole rings is 1. The summed E-state index contributed by atoms with van der Waals surface area (Å²) in [6.45, 7) is 1.64. The molecular weight excluding hydrogens is 466 g/mol. The SMILES string of the molecule is CN(C)CCCOc1cccc(CCCc2[nH]nc3cccc(NC(=O)c4cnc5ccccn45)c23)n1. The molecule has 0 atom stereocenters. The van der Waals surface area contributed by atoms with E-state index < -0.39 is 0 Å². The Hall–Kier alpha value is -4.24. The van der Waals surface area contributed by atoms with Crippen LogP contribution in [0.25, 0.3) is 16.6 Å². The van der Waals surface area contributed by atoms with Gasteiger partial charge in [-0.2, -0.15) is 5.10 Å². The van der Waals surface area contributed by atoms with E-state index in [0.29, 0.717) is 18.2 Å². The van der Waals surface area contributed by atoms with Crippen molar-refractivity contribution in [1.29, 1.82) is 0 Å². The lowest BCUT2D eigenvalue weighted by Crippen LogP contribution is -2.15. The number of carbonyl (C=O) groups is 1. The summed E-state index contributed by atoms with van der Waals surface area (Å²) in [5.41, 5.74) is 4.73. The molecule has 0 radical (unpaired) electrons. The van der Waals surface area contributed by atoms with Gasteiger partial charge in [0.2, 0.25) is 5.88 Å². The fourth-order valence-electron chi connectivity index (χ4n) is 4.39. The number of H-pyrrole nitrogens is 1. The van der Waals surface area contributed by atoms with Crippen molar-refractivity contribution in [3.63, 3.8) is 0 Å². The molecule has 0 bridgehead atoms. The first-order chi connectivity index (χ1) is 18.1. The van der Waals surface area contributed by atoms with Crippen LogP contribution in [0.2, 0.25) is 0 Å². The summed E-state index contributed by atoms with van der Waals surface area (Å²) in [6.07, 6.45) is 6.85. The standard InChI is InChI=1S/C28H31N7O2/c1-34(2)16-8-18-37-26-15-6-10-20(30-26)9-5-12-22-27-21(11-7-13-23(27)33-32-22)31-28(36)24-19-29-25-14-3-4-17-35(24)25/h3-4,6-7,10-11,13-15,17,19H,5,8-9,12,16,18H2,1-2H3,(H,31,36)(H,32,33). The zero-order valence-corrected chi connectivity index (χ0v) is 21.1. The van der Waals surface area contributed by atoms with Crippen molar-refractivity contribution >= 4 is 28.1 Å². The molecule has 2 N–H and O–H groups in total. The molecule has 1 aromatic carbocycles. The van der Waals surface area contributed by atoms with E-state index in [-0.39, 0.29) is 5.91 Å². The summed E-state index contributed by atoms with van der Waals surface area (Å²) in [5, 5.41) is 11.6. The van der Waals surface area contributed by atoms with Gasteiger partial charge in [-0.15, -0.1) is 0 Å². The van der Waals surface area contributed by atoms with Gasteiger partial charge < -0.3 is 15.0 Å². The van der Waals surface area contributed by atoms with Crippen LogP contribution in [0.15, 0.2) is 67.0 Å². The first-order valence-electron chi connectivity index (χ1n) is 12.5. The Balaban J connectivity index is 1.24. The molecule has 0 aliphatic carbocycles. The van der Waals surface area contributed by atoms with Crippen LogP contribution in [-0.4, -0.2) is 62.6 Å². The lowest BCUT2D eigenvalue weighted by atomic mass is 10.1. The van der Waals surface area contributed by atoms with Gasteiger partial charge >= 0.3 is 0 Å². The highest BCUT2D eigenvalue weighted by molar-refractivity contribution is 6.08. The fourth-order valence-corrected chi connectivity index (χ4v) is 4.39. The zero-order chi connectivity index (χ0) is 25.6. The van der Waals surface area contributed by atoms with Gasteiger partial charge in [0, 0.05) is 35.6 Å². The van der Waals surface area contributed by atoms with Crippen LogP contribution in [-0.2, 0) is 12.8 Å². The quantitative estimate of drug-likeness (QED) is 0.263. The summed E-state index contributed by atoms with van der Waals surface area (Å²) in [7, 11) is 4.11. The van der Waals surface area contributed by atoms with E-state index in [9.17, 15) is 4.79 Å². The van der Waals surface area contributed by atoms with Gasteiger partial charge in [-0.3, -0.25) is 14.3 Å². The lowest BCUT2D eigenvalue weighted by Gasteiger charge is -2.10. The summed E-state index contributed by atoms with van der Waals surface area (Å²) in [6, 6.07) is 17.3. The molecule has 9 heteroatoms. The smallest absolute Gasteiger partial charge is 0.274 e. The average molecular weight is 498 g/mol. The molecule has 0 aliphatic heterocycles. The number of anilines is 1. The number of aryl methyl sites for hydroxylation is 2. The normalized spacial score (nSPS) is 11.4. The average Bonchev–Trinajstić information content (AvgIpc) is 3.52. The molecule has 4 aromatic heterocycles. The number of pyridine rings is 2. The molecule has 0 unspecified atom stereocenters. The van der Waals surface area contributed by atoms with Crippen molar-refractivity contribution in [2.75, 3.05) is 32.6 Å². The van der Waals surface area contributed by atoms with Crippen LogP contribution in [0, 0.1) is 0 Å². The second-order valence-electron chi connectivity index (χ2n) is 9.25. The number of amides is 1. The van der Waals surface area contributed by atoms with E-state index in [4.69, 9.17) is 4.74 Å². The maximum Gasteiger partial charge on any atom is 0.274 e. The molecular formula is C28H31N7O2. The maximum atomic E-state index is 13.1. The van der Waals surface area contributed by atoms with Crippen LogP contribution >= 0.6 is 0 Å². The van der Waals surface area contributed by atoms with Crippen molar-refractivity contribution in [2.24, 2.45) is 0 Å². The Morgan fingerprint density at radius 3 is 2.84 bits per heavy atom. The van der Waals surface area contributed by atoms with E-state index in [1.54, 1.807) is 10.6 Å². The Labute approximate surface area is 215 Å². The number of benzene rings is 1. The highest BCUT2D eigenvalue weighted by Crippen LogP contribution is 2.27. The molecule has 37 heavy (non-hydrogen) atoms. The lowest BCUT2D eigenvalue weighted by molar-refractivity contribution is 0.102. The van der Waals surface area contributed by atoms with Gasteiger partial charge in [-0.25, -0.2) is 9.97 Å². The minimum absolute atomic E-state index is 0.218. The summed E-state index contributed by atoms with van der Waals surface area (Å²) >= 11 is 0. The van der Waals surface area contributed by atoms with Crippen LogP contribution in [0.5, 0.6) is 5.88 Å².